The maximum Gasteiger partial charge on any atom is 0.139 e. The minimum absolute atomic E-state index is 0. The van der Waals surface area contributed by atoms with E-state index in [0.717, 1.165) is 11.5 Å². The molecule has 0 fully saturated rings. The smallest absolute Gasteiger partial charge is 0.139 e. The summed E-state index contributed by atoms with van der Waals surface area (Å²) in [5.41, 5.74) is 0.957. The highest BCUT2D eigenvalue weighted by atomic mass is 16.5. The highest BCUT2D eigenvalue weighted by molar-refractivity contribution is 5.06. The topological polar surface area (TPSA) is 26.0 Å². The van der Waals surface area contributed by atoms with Crippen molar-refractivity contribution in [3.8, 4) is 0 Å². The second kappa shape index (κ2) is 2.21. The molecule has 0 aliphatic carbocycles. The molecule has 0 N–H and O–H groups in total. The molecule has 1 rings (SSSR count). The van der Waals surface area contributed by atoms with Gasteiger partial charge in [0.25, 0.3) is 0 Å². The number of aryl methyl sites for hydroxylation is 1. The lowest BCUT2D eigenvalue weighted by atomic mass is 10.1. The molecule has 0 unspecified atom stereocenters. The van der Waals surface area contributed by atoms with Crippen LogP contribution in [-0.2, 0) is 0 Å². The maximum absolute atomic E-state index is 4.98. The number of hydrogen-bond acceptors (Lipinski definition) is 2. The minimum atomic E-state index is 0. The fourth-order valence-electron chi connectivity index (χ4n) is 0.655. The van der Waals surface area contributed by atoms with Crippen LogP contribution in [0.15, 0.2) is 10.6 Å². The van der Waals surface area contributed by atoms with E-state index in [2.05, 4.69) is 19.0 Å². The van der Waals surface area contributed by atoms with Crippen molar-refractivity contribution < 1.29 is 5.95 Å². The Morgan fingerprint density at radius 1 is 1.67 bits per heavy atom. The number of hydrogen-bond donors (Lipinski definition) is 0. The molecule has 0 atom stereocenters. The fraction of sp³-hybridized carbons (Fsp3) is 0.571. The Kier molecular flexibility index (Phi) is 1.56. The largest absolute Gasteiger partial charge is 0.361 e. The van der Waals surface area contributed by atoms with Crippen molar-refractivity contribution in [1.29, 1.82) is 0 Å². The van der Waals surface area contributed by atoms with Gasteiger partial charge in [-0.05, 0) is 6.92 Å². The van der Waals surface area contributed by atoms with Crippen LogP contribution in [0.2, 0.25) is 0 Å². The van der Waals surface area contributed by atoms with Gasteiger partial charge in [0, 0.05) is 13.4 Å². The number of aromatic nitrogens is 1. The summed E-state index contributed by atoms with van der Waals surface area (Å²) in [5.74, 6) is 1.42. The van der Waals surface area contributed by atoms with Crippen LogP contribution in [0.25, 0.3) is 0 Å². The van der Waals surface area contributed by atoms with E-state index < -0.39 is 0 Å². The zero-order valence-corrected chi connectivity index (χ0v) is 6.01. The predicted molar refractivity (Wildman–Crippen MR) is 37.4 cm³/mol. The van der Waals surface area contributed by atoms with Crippen molar-refractivity contribution in [1.82, 2.24) is 5.16 Å². The molecule has 0 aliphatic rings. The number of nitrogens with zero attached hydrogens (tertiary/aromatic N) is 1. The molecule has 0 aliphatic heterocycles. The van der Waals surface area contributed by atoms with Crippen molar-refractivity contribution in [2.45, 2.75) is 26.7 Å². The first kappa shape index (κ1) is 6.33. The van der Waals surface area contributed by atoms with Crippen LogP contribution in [0.5, 0.6) is 0 Å². The summed E-state index contributed by atoms with van der Waals surface area (Å²) >= 11 is 0. The average Bonchev–Trinajstić information content (AvgIpc) is 2.14. The summed E-state index contributed by atoms with van der Waals surface area (Å²) in [7, 11) is 0. The van der Waals surface area contributed by atoms with Crippen LogP contribution >= 0.6 is 0 Å². The third kappa shape index (κ3) is 1.31. The zero-order valence-electron chi connectivity index (χ0n) is 6.01. The second-order valence-electron chi connectivity index (χ2n) is 2.53. The summed E-state index contributed by atoms with van der Waals surface area (Å²) < 4.78 is 4.98. The molecular weight excluding hydrogens is 114 g/mol. The Hall–Kier alpha value is -0.790. The Labute approximate surface area is 56.3 Å². The van der Waals surface area contributed by atoms with Crippen molar-refractivity contribution >= 4 is 0 Å². The Morgan fingerprint density at radius 3 is 2.56 bits per heavy atom. The molecule has 0 saturated carbocycles. The van der Waals surface area contributed by atoms with Gasteiger partial charge >= 0.3 is 0 Å². The molecular formula is C7H13NO. The number of rotatable bonds is 1. The molecule has 1 aromatic heterocycles. The Balaban J connectivity index is 0.000000810. The van der Waals surface area contributed by atoms with Crippen LogP contribution < -0.4 is 0 Å². The molecule has 0 aromatic carbocycles. The molecule has 1 aromatic rings. The van der Waals surface area contributed by atoms with Crippen LogP contribution in [0.1, 0.15) is 32.6 Å². The molecule has 2 heteroatoms. The lowest BCUT2D eigenvalue weighted by molar-refractivity contribution is 0.368. The molecule has 2 nitrogen and oxygen atoms in total. The van der Waals surface area contributed by atoms with Gasteiger partial charge in [0.2, 0.25) is 0 Å². The molecule has 0 spiro atoms. The van der Waals surface area contributed by atoms with Gasteiger partial charge < -0.3 is 4.52 Å². The summed E-state index contributed by atoms with van der Waals surface area (Å²) in [6.45, 7) is 6.09. The lowest BCUT2D eigenvalue weighted by Gasteiger charge is -1.92. The van der Waals surface area contributed by atoms with Crippen LogP contribution in [0.3, 0.4) is 0 Å². The van der Waals surface area contributed by atoms with Gasteiger partial charge in [-0.3, -0.25) is 0 Å². The minimum Gasteiger partial charge on any atom is -0.361 e. The average molecular weight is 127 g/mol. The SMILES string of the molecule is Cc1cc(C(C)C)on1.[HH]. The van der Waals surface area contributed by atoms with Gasteiger partial charge in [-0.2, -0.15) is 0 Å². The first-order valence-corrected chi connectivity index (χ1v) is 3.13. The molecule has 9 heavy (non-hydrogen) atoms. The van der Waals surface area contributed by atoms with Crippen molar-refractivity contribution in [2.24, 2.45) is 0 Å². The lowest BCUT2D eigenvalue weighted by Crippen LogP contribution is -1.80. The van der Waals surface area contributed by atoms with E-state index in [-0.39, 0.29) is 1.43 Å². The first-order valence-electron chi connectivity index (χ1n) is 3.13. The van der Waals surface area contributed by atoms with Crippen LogP contribution in [-0.4, -0.2) is 5.16 Å². The molecule has 1 heterocycles. The summed E-state index contributed by atoms with van der Waals surface area (Å²) in [5, 5.41) is 3.76. The van der Waals surface area contributed by atoms with Gasteiger partial charge in [-0.1, -0.05) is 19.0 Å². The molecule has 0 bridgehead atoms. The Bertz CT molecular complexity index is 195. The molecule has 0 radical (unpaired) electrons. The van der Waals surface area contributed by atoms with E-state index >= 15 is 0 Å². The van der Waals surface area contributed by atoms with Gasteiger partial charge in [0.05, 0.1) is 5.69 Å². The summed E-state index contributed by atoms with van der Waals surface area (Å²) in [6, 6.07) is 1.96. The van der Waals surface area contributed by atoms with Crippen molar-refractivity contribution in [3.63, 3.8) is 0 Å². The monoisotopic (exact) mass is 127 g/mol. The summed E-state index contributed by atoms with van der Waals surface area (Å²) in [6.07, 6.45) is 0. The van der Waals surface area contributed by atoms with Crippen molar-refractivity contribution in [2.75, 3.05) is 0 Å². The normalized spacial score (nSPS) is 10.7. The standard InChI is InChI=1S/C7H11NO.H2/c1-5(2)7-4-6(3)8-9-7;/h4-5H,1-3H3;1H. The molecule has 0 amide bonds. The first-order chi connectivity index (χ1) is 4.20. The maximum atomic E-state index is 4.98. The van der Waals surface area contributed by atoms with E-state index in [0.29, 0.717) is 5.92 Å². The van der Waals surface area contributed by atoms with E-state index in [9.17, 15) is 0 Å². The van der Waals surface area contributed by atoms with Crippen LogP contribution in [0.4, 0.5) is 0 Å². The predicted octanol–water partition coefficient (Wildman–Crippen LogP) is 2.35. The van der Waals surface area contributed by atoms with E-state index in [1.165, 1.54) is 0 Å². The highest BCUT2D eigenvalue weighted by Gasteiger charge is 2.03. The second-order valence-corrected chi connectivity index (χ2v) is 2.53. The Morgan fingerprint density at radius 2 is 2.33 bits per heavy atom. The van der Waals surface area contributed by atoms with E-state index in [4.69, 9.17) is 4.52 Å². The van der Waals surface area contributed by atoms with E-state index in [1.807, 2.05) is 13.0 Å². The molecule has 0 saturated heterocycles. The fourth-order valence-corrected chi connectivity index (χ4v) is 0.655. The third-order valence-electron chi connectivity index (χ3n) is 1.22. The van der Waals surface area contributed by atoms with Gasteiger partial charge in [-0.25, -0.2) is 0 Å². The van der Waals surface area contributed by atoms with Gasteiger partial charge in [0.15, 0.2) is 0 Å². The van der Waals surface area contributed by atoms with Crippen LogP contribution in [0, 0.1) is 6.92 Å². The highest BCUT2D eigenvalue weighted by Crippen LogP contribution is 2.13. The van der Waals surface area contributed by atoms with Gasteiger partial charge in [0.1, 0.15) is 5.76 Å². The zero-order chi connectivity index (χ0) is 6.85. The summed E-state index contributed by atoms with van der Waals surface area (Å²) in [4.78, 5) is 0. The molecule has 52 valence electrons. The van der Waals surface area contributed by atoms with Crippen molar-refractivity contribution in [3.05, 3.63) is 17.5 Å². The third-order valence-corrected chi connectivity index (χ3v) is 1.22. The van der Waals surface area contributed by atoms with E-state index in [1.54, 1.807) is 0 Å². The van der Waals surface area contributed by atoms with Gasteiger partial charge in [-0.15, -0.1) is 0 Å². The quantitative estimate of drug-likeness (QED) is 0.578.